The Kier molecular flexibility index (Phi) is 5.10. The number of rotatable bonds is 4. The minimum atomic E-state index is -0.136. The lowest BCUT2D eigenvalue weighted by Gasteiger charge is -2.34. The Balaban J connectivity index is 1.93. The summed E-state index contributed by atoms with van der Waals surface area (Å²) in [5, 5.41) is 11.6. The molecule has 1 aliphatic carbocycles. The number of aliphatic hydroxyl groups excluding tert-OH is 1. The Morgan fingerprint density at radius 2 is 2.35 bits per heavy atom. The average Bonchev–Trinajstić information content (AvgIpc) is 2.42. The standard InChI is InChI=1S/C15H18N2O3/c1-20-14-7-13(8-14)17-15(19)12-6-11(9-16-10-12)4-2-3-5-18/h6,9-10,13-14,18H,3,5,7-8H2,1H3,(H,17,19). The number of nitrogens with zero attached hydrogens (tertiary/aromatic N) is 1. The van der Waals surface area contributed by atoms with E-state index in [0.717, 1.165) is 12.8 Å². The number of amides is 1. The van der Waals surface area contributed by atoms with Crippen LogP contribution in [0.25, 0.3) is 0 Å². The predicted molar refractivity (Wildman–Crippen MR) is 74.1 cm³/mol. The highest BCUT2D eigenvalue weighted by Gasteiger charge is 2.30. The number of carbonyl (C=O) groups excluding carboxylic acids is 1. The Hall–Kier alpha value is -1.90. The second kappa shape index (κ2) is 7.04. The van der Waals surface area contributed by atoms with Crippen molar-refractivity contribution in [3.8, 4) is 11.8 Å². The zero-order valence-corrected chi connectivity index (χ0v) is 11.4. The molecule has 1 heterocycles. The van der Waals surface area contributed by atoms with Crippen LogP contribution < -0.4 is 5.32 Å². The molecule has 0 saturated heterocycles. The number of aromatic nitrogens is 1. The molecule has 0 atom stereocenters. The summed E-state index contributed by atoms with van der Waals surface area (Å²) in [5.41, 5.74) is 1.18. The molecule has 0 bridgehead atoms. The van der Waals surface area contributed by atoms with Crippen LogP contribution in [0.1, 0.15) is 35.2 Å². The fourth-order valence-corrected chi connectivity index (χ4v) is 2.00. The van der Waals surface area contributed by atoms with Gasteiger partial charge in [-0.3, -0.25) is 9.78 Å². The van der Waals surface area contributed by atoms with Gasteiger partial charge in [-0.1, -0.05) is 11.8 Å². The van der Waals surface area contributed by atoms with Gasteiger partial charge in [0.15, 0.2) is 0 Å². The minimum absolute atomic E-state index is 0.0307. The molecule has 2 rings (SSSR count). The number of ether oxygens (including phenoxy) is 1. The molecule has 5 nitrogen and oxygen atoms in total. The topological polar surface area (TPSA) is 71.5 Å². The molecule has 1 saturated carbocycles. The Morgan fingerprint density at radius 3 is 3.05 bits per heavy atom. The molecule has 0 unspecified atom stereocenters. The van der Waals surface area contributed by atoms with Crippen LogP contribution in [-0.4, -0.2) is 41.9 Å². The van der Waals surface area contributed by atoms with Gasteiger partial charge >= 0.3 is 0 Å². The van der Waals surface area contributed by atoms with E-state index in [0.29, 0.717) is 17.5 Å². The summed E-state index contributed by atoms with van der Waals surface area (Å²) in [6.45, 7) is 0.0307. The van der Waals surface area contributed by atoms with Gasteiger partial charge in [-0.25, -0.2) is 0 Å². The van der Waals surface area contributed by atoms with Crippen LogP contribution in [0.2, 0.25) is 0 Å². The molecule has 0 spiro atoms. The molecule has 5 heteroatoms. The third-order valence-electron chi connectivity index (χ3n) is 3.23. The van der Waals surface area contributed by atoms with Crippen molar-refractivity contribution in [2.45, 2.75) is 31.4 Å². The number of methoxy groups -OCH3 is 1. The zero-order valence-electron chi connectivity index (χ0n) is 11.4. The number of nitrogens with one attached hydrogen (secondary N) is 1. The minimum Gasteiger partial charge on any atom is -0.395 e. The van der Waals surface area contributed by atoms with E-state index in [1.165, 1.54) is 6.20 Å². The molecule has 1 aromatic rings. The van der Waals surface area contributed by atoms with Crippen molar-refractivity contribution in [3.05, 3.63) is 29.6 Å². The van der Waals surface area contributed by atoms with Crippen molar-refractivity contribution in [3.63, 3.8) is 0 Å². The molecule has 1 aliphatic rings. The number of hydrogen-bond acceptors (Lipinski definition) is 4. The van der Waals surface area contributed by atoms with Gasteiger partial charge < -0.3 is 15.2 Å². The molecule has 0 aliphatic heterocycles. The zero-order chi connectivity index (χ0) is 14.4. The number of hydrogen-bond donors (Lipinski definition) is 2. The summed E-state index contributed by atoms with van der Waals surface area (Å²) in [7, 11) is 1.68. The summed E-state index contributed by atoms with van der Waals surface area (Å²) in [6.07, 6.45) is 5.51. The molecule has 106 valence electrons. The third kappa shape index (κ3) is 3.80. The van der Waals surface area contributed by atoms with Crippen LogP contribution in [0.3, 0.4) is 0 Å². The normalized spacial score (nSPS) is 20.5. The van der Waals surface area contributed by atoms with Crippen molar-refractivity contribution in [1.29, 1.82) is 0 Å². The summed E-state index contributed by atoms with van der Waals surface area (Å²) in [4.78, 5) is 16.1. The van der Waals surface area contributed by atoms with Crippen LogP contribution in [-0.2, 0) is 4.74 Å². The molecule has 1 amide bonds. The quantitative estimate of drug-likeness (QED) is 0.794. The SMILES string of the molecule is COC1CC(NC(=O)c2cncc(C#CCCO)c2)C1. The van der Waals surface area contributed by atoms with Crippen molar-refractivity contribution in [1.82, 2.24) is 10.3 Å². The van der Waals surface area contributed by atoms with Gasteiger partial charge in [0.25, 0.3) is 5.91 Å². The van der Waals surface area contributed by atoms with Crippen LogP contribution in [0.4, 0.5) is 0 Å². The first-order chi connectivity index (χ1) is 9.72. The van der Waals surface area contributed by atoms with E-state index in [2.05, 4.69) is 22.1 Å². The molecule has 1 fully saturated rings. The van der Waals surface area contributed by atoms with Crippen LogP contribution in [0.15, 0.2) is 18.5 Å². The predicted octanol–water partition coefficient (Wildman–Crippen LogP) is 0.723. The highest BCUT2D eigenvalue weighted by atomic mass is 16.5. The Morgan fingerprint density at radius 1 is 1.55 bits per heavy atom. The maximum absolute atomic E-state index is 12.0. The largest absolute Gasteiger partial charge is 0.395 e. The second-order valence-electron chi connectivity index (χ2n) is 4.74. The molecule has 0 aromatic carbocycles. The molecule has 2 N–H and O–H groups in total. The molecule has 20 heavy (non-hydrogen) atoms. The van der Waals surface area contributed by atoms with Crippen molar-refractivity contribution < 1.29 is 14.6 Å². The molecule has 1 aromatic heterocycles. The van der Waals surface area contributed by atoms with E-state index in [4.69, 9.17) is 9.84 Å². The van der Waals surface area contributed by atoms with E-state index in [-0.39, 0.29) is 24.7 Å². The molecular formula is C15H18N2O3. The summed E-state index contributed by atoms with van der Waals surface area (Å²) < 4.78 is 5.18. The second-order valence-corrected chi connectivity index (χ2v) is 4.74. The van der Waals surface area contributed by atoms with Gasteiger partial charge in [-0.2, -0.15) is 0 Å². The highest BCUT2D eigenvalue weighted by Crippen LogP contribution is 2.22. The van der Waals surface area contributed by atoms with E-state index in [1.807, 2.05) is 0 Å². The highest BCUT2D eigenvalue weighted by molar-refractivity contribution is 5.94. The van der Waals surface area contributed by atoms with Gasteiger partial charge in [0.05, 0.1) is 18.3 Å². The van der Waals surface area contributed by atoms with E-state index in [1.54, 1.807) is 19.4 Å². The summed E-state index contributed by atoms with van der Waals surface area (Å²) in [6, 6.07) is 1.88. The number of pyridine rings is 1. The first kappa shape index (κ1) is 14.5. The first-order valence-electron chi connectivity index (χ1n) is 6.61. The van der Waals surface area contributed by atoms with Crippen molar-refractivity contribution in [2.24, 2.45) is 0 Å². The van der Waals surface area contributed by atoms with Gasteiger partial charge in [0.1, 0.15) is 0 Å². The summed E-state index contributed by atoms with van der Waals surface area (Å²) >= 11 is 0. The van der Waals surface area contributed by atoms with E-state index in [9.17, 15) is 4.79 Å². The van der Waals surface area contributed by atoms with Gasteiger partial charge in [0, 0.05) is 37.5 Å². The van der Waals surface area contributed by atoms with Gasteiger partial charge in [0.2, 0.25) is 0 Å². The smallest absolute Gasteiger partial charge is 0.253 e. The average molecular weight is 274 g/mol. The third-order valence-corrected chi connectivity index (χ3v) is 3.23. The van der Waals surface area contributed by atoms with Crippen LogP contribution >= 0.6 is 0 Å². The van der Waals surface area contributed by atoms with Crippen LogP contribution in [0, 0.1) is 11.8 Å². The van der Waals surface area contributed by atoms with Gasteiger partial charge in [-0.05, 0) is 18.9 Å². The van der Waals surface area contributed by atoms with E-state index < -0.39 is 0 Å². The fraction of sp³-hybridized carbons (Fsp3) is 0.467. The van der Waals surface area contributed by atoms with Gasteiger partial charge in [-0.15, -0.1) is 0 Å². The van der Waals surface area contributed by atoms with Crippen molar-refractivity contribution in [2.75, 3.05) is 13.7 Å². The lowest BCUT2D eigenvalue weighted by molar-refractivity contribution is 0.0176. The summed E-state index contributed by atoms with van der Waals surface area (Å²) in [5.74, 6) is 5.54. The lowest BCUT2D eigenvalue weighted by Crippen LogP contribution is -2.47. The molecular weight excluding hydrogens is 256 g/mol. The fourth-order valence-electron chi connectivity index (χ4n) is 2.00. The maximum atomic E-state index is 12.0. The Bertz CT molecular complexity index is 527. The first-order valence-corrected chi connectivity index (χ1v) is 6.61. The van der Waals surface area contributed by atoms with E-state index >= 15 is 0 Å². The molecule has 0 radical (unpaired) electrons. The Labute approximate surface area is 118 Å². The number of aliphatic hydroxyl groups is 1. The monoisotopic (exact) mass is 274 g/mol. The van der Waals surface area contributed by atoms with Crippen molar-refractivity contribution >= 4 is 5.91 Å². The van der Waals surface area contributed by atoms with Crippen LogP contribution in [0.5, 0.6) is 0 Å². The number of carbonyl (C=O) groups is 1. The maximum Gasteiger partial charge on any atom is 0.253 e. The lowest BCUT2D eigenvalue weighted by atomic mass is 9.89.